The maximum atomic E-state index is 5.64. The van der Waals surface area contributed by atoms with Crippen molar-refractivity contribution in [2.24, 2.45) is 0 Å². The quantitative estimate of drug-likeness (QED) is 0.802. The zero-order chi connectivity index (χ0) is 13.0. The lowest BCUT2D eigenvalue weighted by molar-refractivity contribution is 0.185. The third-order valence-corrected chi connectivity index (χ3v) is 2.70. The summed E-state index contributed by atoms with van der Waals surface area (Å²) in [5.74, 6) is 0.586. The average molecular weight is 253 g/mol. The summed E-state index contributed by atoms with van der Waals surface area (Å²) >= 11 is 0. The molecule has 1 saturated heterocycles. The number of nitrogen functional groups attached to an aromatic ring is 1. The van der Waals surface area contributed by atoms with Crippen LogP contribution in [0.15, 0.2) is 0 Å². The van der Waals surface area contributed by atoms with E-state index in [4.69, 9.17) is 15.2 Å². The molecule has 0 aromatic carbocycles. The van der Waals surface area contributed by atoms with Crippen LogP contribution < -0.4 is 15.8 Å². The second-order valence-electron chi connectivity index (χ2n) is 4.64. The predicted molar refractivity (Wildman–Crippen MR) is 67.5 cm³/mol. The lowest BCUT2D eigenvalue weighted by Crippen LogP contribution is -2.36. The van der Waals surface area contributed by atoms with E-state index in [1.54, 1.807) is 0 Å². The second kappa shape index (κ2) is 5.34. The number of ether oxygens (including phenoxy) is 2. The van der Waals surface area contributed by atoms with E-state index in [1.165, 1.54) is 0 Å². The van der Waals surface area contributed by atoms with Crippen molar-refractivity contribution >= 4 is 11.9 Å². The van der Waals surface area contributed by atoms with E-state index in [-0.39, 0.29) is 17.5 Å². The highest BCUT2D eigenvalue weighted by Crippen LogP contribution is 2.22. The van der Waals surface area contributed by atoms with Gasteiger partial charge < -0.3 is 20.5 Å². The van der Waals surface area contributed by atoms with E-state index in [1.807, 2.05) is 6.92 Å². The SMILES string of the molecule is CCCOc1nc(N)nc(NC2(C)CCOC2)n1. The fourth-order valence-corrected chi connectivity index (χ4v) is 1.72. The van der Waals surface area contributed by atoms with Crippen molar-refractivity contribution in [1.82, 2.24) is 15.0 Å². The van der Waals surface area contributed by atoms with Crippen LogP contribution in [0.4, 0.5) is 11.9 Å². The van der Waals surface area contributed by atoms with Gasteiger partial charge in [0.2, 0.25) is 11.9 Å². The van der Waals surface area contributed by atoms with Crippen LogP contribution in [0, 0.1) is 0 Å². The summed E-state index contributed by atoms with van der Waals surface area (Å²) in [6.07, 6.45) is 1.80. The molecule has 2 heterocycles. The first kappa shape index (κ1) is 12.8. The fourth-order valence-electron chi connectivity index (χ4n) is 1.72. The molecule has 0 aliphatic carbocycles. The highest BCUT2D eigenvalue weighted by molar-refractivity contribution is 5.35. The number of hydrogen-bond acceptors (Lipinski definition) is 7. The van der Waals surface area contributed by atoms with E-state index in [9.17, 15) is 0 Å². The summed E-state index contributed by atoms with van der Waals surface area (Å²) in [6.45, 7) is 6.00. The predicted octanol–water partition coefficient (Wildman–Crippen LogP) is 0.833. The standard InChI is InChI=1S/C11H19N5O2/c1-3-5-18-10-14-8(12)13-9(15-10)16-11(2)4-6-17-7-11/h3-7H2,1-2H3,(H3,12,13,14,15,16). The molecule has 1 fully saturated rings. The summed E-state index contributed by atoms with van der Waals surface area (Å²) in [5, 5.41) is 3.23. The first-order valence-corrected chi connectivity index (χ1v) is 6.11. The third-order valence-electron chi connectivity index (χ3n) is 2.70. The second-order valence-corrected chi connectivity index (χ2v) is 4.64. The van der Waals surface area contributed by atoms with E-state index < -0.39 is 0 Å². The molecular weight excluding hydrogens is 234 g/mol. The first-order valence-electron chi connectivity index (χ1n) is 6.11. The Hall–Kier alpha value is -1.63. The molecule has 1 aromatic heterocycles. The van der Waals surface area contributed by atoms with Gasteiger partial charge in [-0.25, -0.2) is 0 Å². The monoisotopic (exact) mass is 253 g/mol. The van der Waals surface area contributed by atoms with Gasteiger partial charge in [0.15, 0.2) is 0 Å². The van der Waals surface area contributed by atoms with Crippen molar-refractivity contribution in [3.8, 4) is 6.01 Å². The van der Waals surface area contributed by atoms with Crippen LogP contribution in [0.25, 0.3) is 0 Å². The minimum Gasteiger partial charge on any atom is -0.463 e. The Morgan fingerprint density at radius 2 is 2.28 bits per heavy atom. The van der Waals surface area contributed by atoms with E-state index in [2.05, 4.69) is 27.2 Å². The van der Waals surface area contributed by atoms with Crippen molar-refractivity contribution in [2.45, 2.75) is 32.2 Å². The van der Waals surface area contributed by atoms with Gasteiger partial charge >= 0.3 is 6.01 Å². The van der Waals surface area contributed by atoms with Crippen molar-refractivity contribution < 1.29 is 9.47 Å². The van der Waals surface area contributed by atoms with Gasteiger partial charge in [-0.2, -0.15) is 15.0 Å². The Kier molecular flexibility index (Phi) is 3.81. The summed E-state index contributed by atoms with van der Waals surface area (Å²) < 4.78 is 10.7. The first-order chi connectivity index (χ1) is 8.61. The van der Waals surface area contributed by atoms with Crippen molar-refractivity contribution in [1.29, 1.82) is 0 Å². The fraction of sp³-hybridized carbons (Fsp3) is 0.727. The maximum absolute atomic E-state index is 5.64. The molecule has 1 aliphatic rings. The molecule has 1 atom stereocenters. The van der Waals surface area contributed by atoms with Crippen LogP contribution in [-0.4, -0.2) is 40.3 Å². The Bertz CT molecular complexity index is 406. The van der Waals surface area contributed by atoms with Gasteiger partial charge in [-0.3, -0.25) is 0 Å². The van der Waals surface area contributed by atoms with Gasteiger partial charge in [-0.15, -0.1) is 0 Å². The molecule has 3 N–H and O–H groups in total. The number of aromatic nitrogens is 3. The van der Waals surface area contributed by atoms with E-state index in [0.29, 0.717) is 19.2 Å². The number of anilines is 2. The largest absolute Gasteiger partial charge is 0.463 e. The smallest absolute Gasteiger partial charge is 0.323 e. The van der Waals surface area contributed by atoms with Crippen molar-refractivity contribution in [3.05, 3.63) is 0 Å². The lowest BCUT2D eigenvalue weighted by Gasteiger charge is -2.23. The van der Waals surface area contributed by atoms with Crippen LogP contribution in [0.3, 0.4) is 0 Å². The molecule has 1 aromatic rings. The van der Waals surface area contributed by atoms with Crippen LogP contribution in [0.5, 0.6) is 6.01 Å². The third kappa shape index (κ3) is 3.19. The molecule has 0 amide bonds. The number of hydrogen-bond donors (Lipinski definition) is 2. The molecule has 7 heteroatoms. The number of rotatable bonds is 5. The average Bonchev–Trinajstić information content (AvgIpc) is 2.72. The lowest BCUT2D eigenvalue weighted by atomic mass is 10.0. The van der Waals surface area contributed by atoms with Crippen molar-refractivity contribution in [3.63, 3.8) is 0 Å². The van der Waals surface area contributed by atoms with Gasteiger partial charge in [0.1, 0.15) is 0 Å². The Balaban J connectivity index is 2.09. The molecule has 2 rings (SSSR count). The molecule has 0 saturated carbocycles. The minimum atomic E-state index is -0.157. The Morgan fingerprint density at radius 1 is 1.44 bits per heavy atom. The zero-order valence-electron chi connectivity index (χ0n) is 10.8. The number of nitrogens with one attached hydrogen (secondary N) is 1. The number of nitrogens with two attached hydrogens (primary N) is 1. The van der Waals surface area contributed by atoms with Gasteiger partial charge in [-0.05, 0) is 19.8 Å². The molecular formula is C11H19N5O2. The summed E-state index contributed by atoms with van der Waals surface area (Å²) in [7, 11) is 0. The maximum Gasteiger partial charge on any atom is 0.323 e. The molecule has 0 bridgehead atoms. The van der Waals surface area contributed by atoms with Crippen LogP contribution in [0.2, 0.25) is 0 Å². The summed E-state index contributed by atoms with van der Waals surface area (Å²) in [4.78, 5) is 12.2. The van der Waals surface area contributed by atoms with Crippen LogP contribution in [0.1, 0.15) is 26.7 Å². The van der Waals surface area contributed by atoms with Gasteiger partial charge in [-0.1, -0.05) is 6.92 Å². The Labute approximate surface area is 106 Å². The molecule has 0 radical (unpaired) electrons. The molecule has 7 nitrogen and oxygen atoms in total. The molecule has 18 heavy (non-hydrogen) atoms. The normalized spacial score (nSPS) is 23.0. The Morgan fingerprint density at radius 3 is 2.94 bits per heavy atom. The van der Waals surface area contributed by atoms with E-state index >= 15 is 0 Å². The van der Waals surface area contributed by atoms with Crippen LogP contribution >= 0.6 is 0 Å². The topological polar surface area (TPSA) is 95.2 Å². The summed E-state index contributed by atoms with van der Waals surface area (Å²) in [5.41, 5.74) is 5.48. The zero-order valence-corrected chi connectivity index (χ0v) is 10.8. The molecule has 100 valence electrons. The number of nitrogens with zero attached hydrogens (tertiary/aromatic N) is 3. The minimum absolute atomic E-state index is 0.154. The van der Waals surface area contributed by atoms with E-state index in [0.717, 1.165) is 19.4 Å². The van der Waals surface area contributed by atoms with Gasteiger partial charge in [0.25, 0.3) is 0 Å². The van der Waals surface area contributed by atoms with Crippen LogP contribution in [-0.2, 0) is 4.74 Å². The molecule has 0 spiro atoms. The molecule has 1 aliphatic heterocycles. The van der Waals surface area contributed by atoms with Gasteiger partial charge in [0.05, 0.1) is 18.8 Å². The highest BCUT2D eigenvalue weighted by Gasteiger charge is 2.30. The molecule has 1 unspecified atom stereocenters. The van der Waals surface area contributed by atoms with Gasteiger partial charge in [0, 0.05) is 6.61 Å². The summed E-state index contributed by atoms with van der Waals surface area (Å²) in [6, 6.07) is 0.259. The highest BCUT2D eigenvalue weighted by atomic mass is 16.5. The van der Waals surface area contributed by atoms with Crippen molar-refractivity contribution in [2.75, 3.05) is 30.9 Å².